The van der Waals surface area contributed by atoms with E-state index in [1.54, 1.807) is 27.0 Å². The highest BCUT2D eigenvalue weighted by molar-refractivity contribution is 7.84. The predicted octanol–water partition coefficient (Wildman–Crippen LogP) is 0.226. The van der Waals surface area contributed by atoms with Crippen molar-refractivity contribution in [3.8, 4) is 0 Å². The van der Waals surface area contributed by atoms with E-state index in [1.165, 1.54) is 0 Å². The van der Waals surface area contributed by atoms with Gasteiger partial charge in [0, 0.05) is 28.9 Å². The van der Waals surface area contributed by atoms with Crippen LogP contribution in [0.15, 0.2) is 0 Å². The minimum absolute atomic E-state index is 0.195. The first-order chi connectivity index (χ1) is 7.67. The highest BCUT2D eigenvalue weighted by Gasteiger charge is 2.65. The van der Waals surface area contributed by atoms with E-state index in [-0.39, 0.29) is 11.9 Å². The number of aliphatic carboxylic acids is 1. The Morgan fingerprint density at radius 3 is 2.29 bits per heavy atom. The molecule has 0 bridgehead atoms. The van der Waals surface area contributed by atoms with Crippen LogP contribution in [0, 0.1) is 17.3 Å². The Bertz CT molecular complexity index is 366. The highest BCUT2D eigenvalue weighted by Crippen LogP contribution is 2.58. The average molecular weight is 261 g/mol. The summed E-state index contributed by atoms with van der Waals surface area (Å²) in [6.07, 6.45) is 1.57. The van der Waals surface area contributed by atoms with E-state index < -0.39 is 34.0 Å². The number of hydrogen-bond donors (Lipinski definition) is 2. The predicted molar refractivity (Wildman–Crippen MR) is 64.9 cm³/mol. The van der Waals surface area contributed by atoms with E-state index >= 15 is 0 Å². The van der Waals surface area contributed by atoms with E-state index in [0.29, 0.717) is 5.75 Å². The van der Waals surface area contributed by atoms with Gasteiger partial charge in [-0.15, -0.1) is 0 Å². The lowest BCUT2D eigenvalue weighted by atomic mass is 10.1. The van der Waals surface area contributed by atoms with Gasteiger partial charge in [0.25, 0.3) is 0 Å². The number of carboxylic acids is 1. The molecular weight excluding hydrogens is 242 g/mol. The summed E-state index contributed by atoms with van der Waals surface area (Å²) in [5.74, 6) is -1.88. The summed E-state index contributed by atoms with van der Waals surface area (Å²) in [5.41, 5.74) is -0.485. The molecule has 1 aliphatic rings. The Balaban J connectivity index is 2.56. The van der Waals surface area contributed by atoms with Gasteiger partial charge in [0.05, 0.1) is 11.8 Å². The van der Waals surface area contributed by atoms with E-state index in [0.717, 1.165) is 0 Å². The van der Waals surface area contributed by atoms with Gasteiger partial charge in [-0.3, -0.25) is 13.8 Å². The topological polar surface area (TPSA) is 83.5 Å². The molecule has 2 N–H and O–H groups in total. The zero-order valence-corrected chi connectivity index (χ0v) is 11.3. The molecule has 0 spiro atoms. The van der Waals surface area contributed by atoms with Gasteiger partial charge in [0.15, 0.2) is 0 Å². The first-order valence-electron chi connectivity index (χ1n) is 5.51. The molecule has 0 aromatic rings. The standard InChI is InChI=1S/C11H19NO4S/c1-6(5-17(4)16)12-9(13)7-8(10(14)15)11(7,2)3/h6-8H,5H2,1-4H3,(H,12,13)(H,14,15)/t6?,7-,8+,17?/m0/s1. The van der Waals surface area contributed by atoms with E-state index in [9.17, 15) is 13.8 Å². The molecule has 1 amide bonds. The van der Waals surface area contributed by atoms with Crippen molar-refractivity contribution in [2.45, 2.75) is 26.8 Å². The van der Waals surface area contributed by atoms with Crippen molar-refractivity contribution in [2.24, 2.45) is 17.3 Å². The number of hydrogen-bond acceptors (Lipinski definition) is 3. The lowest BCUT2D eigenvalue weighted by molar-refractivity contribution is -0.140. The smallest absolute Gasteiger partial charge is 0.307 e. The van der Waals surface area contributed by atoms with Crippen LogP contribution in [0.5, 0.6) is 0 Å². The van der Waals surface area contributed by atoms with Crippen molar-refractivity contribution in [1.82, 2.24) is 5.32 Å². The number of carboxylic acid groups (broad SMARTS) is 1. The maximum absolute atomic E-state index is 11.9. The third kappa shape index (κ3) is 3.06. The summed E-state index contributed by atoms with van der Waals surface area (Å²) < 4.78 is 11.0. The maximum Gasteiger partial charge on any atom is 0.307 e. The van der Waals surface area contributed by atoms with Crippen LogP contribution in [0.25, 0.3) is 0 Å². The molecule has 98 valence electrons. The number of rotatable bonds is 5. The monoisotopic (exact) mass is 261 g/mol. The first-order valence-corrected chi connectivity index (χ1v) is 7.23. The van der Waals surface area contributed by atoms with Crippen molar-refractivity contribution in [2.75, 3.05) is 12.0 Å². The second kappa shape index (κ2) is 4.76. The molecule has 4 atom stereocenters. The van der Waals surface area contributed by atoms with E-state index in [4.69, 9.17) is 5.11 Å². The molecular formula is C11H19NO4S. The minimum Gasteiger partial charge on any atom is -0.481 e. The molecule has 0 saturated heterocycles. The fraction of sp³-hybridized carbons (Fsp3) is 0.818. The van der Waals surface area contributed by atoms with Crippen molar-refractivity contribution in [3.63, 3.8) is 0 Å². The van der Waals surface area contributed by atoms with Crippen molar-refractivity contribution in [3.05, 3.63) is 0 Å². The van der Waals surface area contributed by atoms with Crippen LogP contribution in [0.2, 0.25) is 0 Å². The van der Waals surface area contributed by atoms with Gasteiger partial charge >= 0.3 is 5.97 Å². The maximum atomic E-state index is 11.9. The molecule has 0 aromatic heterocycles. The van der Waals surface area contributed by atoms with Crippen LogP contribution in [0.1, 0.15) is 20.8 Å². The van der Waals surface area contributed by atoms with Crippen LogP contribution in [-0.4, -0.2) is 39.2 Å². The van der Waals surface area contributed by atoms with Crippen LogP contribution >= 0.6 is 0 Å². The van der Waals surface area contributed by atoms with E-state index in [1.807, 2.05) is 0 Å². The molecule has 17 heavy (non-hydrogen) atoms. The van der Waals surface area contributed by atoms with Crippen LogP contribution in [0.3, 0.4) is 0 Å². The lowest BCUT2D eigenvalue weighted by Crippen LogP contribution is -2.38. The second-order valence-corrected chi connectivity index (χ2v) is 6.74. The summed E-state index contributed by atoms with van der Waals surface area (Å²) in [6, 6.07) is -0.195. The Labute approximate surface area is 103 Å². The van der Waals surface area contributed by atoms with Gasteiger partial charge in [-0.05, 0) is 12.3 Å². The van der Waals surface area contributed by atoms with Crippen molar-refractivity contribution in [1.29, 1.82) is 0 Å². The molecule has 0 aromatic carbocycles. The fourth-order valence-electron chi connectivity index (χ4n) is 2.31. The van der Waals surface area contributed by atoms with Crippen molar-refractivity contribution >= 4 is 22.7 Å². The fourth-order valence-corrected chi connectivity index (χ4v) is 3.10. The van der Waals surface area contributed by atoms with Crippen LogP contribution in [-0.2, 0) is 20.4 Å². The van der Waals surface area contributed by atoms with Gasteiger partial charge in [-0.25, -0.2) is 0 Å². The summed E-state index contributed by atoms with van der Waals surface area (Å²) in [5, 5.41) is 11.7. The molecule has 1 aliphatic carbocycles. The number of carbonyl (C=O) groups excluding carboxylic acids is 1. The lowest BCUT2D eigenvalue weighted by Gasteiger charge is -2.12. The number of nitrogens with one attached hydrogen (secondary N) is 1. The van der Waals surface area contributed by atoms with Crippen LogP contribution in [0.4, 0.5) is 0 Å². The van der Waals surface area contributed by atoms with Gasteiger partial charge in [-0.1, -0.05) is 13.8 Å². The number of amides is 1. The zero-order chi connectivity index (χ0) is 13.4. The Morgan fingerprint density at radius 1 is 1.41 bits per heavy atom. The number of carbonyl (C=O) groups is 2. The first kappa shape index (κ1) is 14.2. The van der Waals surface area contributed by atoms with Gasteiger partial charge in [-0.2, -0.15) is 0 Å². The average Bonchev–Trinajstić information content (AvgIpc) is 2.66. The van der Waals surface area contributed by atoms with Crippen LogP contribution < -0.4 is 5.32 Å². The minimum atomic E-state index is -0.973. The molecule has 0 heterocycles. The van der Waals surface area contributed by atoms with Gasteiger partial charge in [0.1, 0.15) is 0 Å². The molecule has 6 heteroatoms. The Hall–Kier alpha value is -0.910. The molecule has 1 fully saturated rings. The van der Waals surface area contributed by atoms with Crippen molar-refractivity contribution < 1.29 is 18.9 Å². The second-order valence-electron chi connectivity index (χ2n) is 5.26. The van der Waals surface area contributed by atoms with E-state index in [2.05, 4.69) is 5.32 Å². The quantitative estimate of drug-likeness (QED) is 0.742. The highest BCUT2D eigenvalue weighted by atomic mass is 32.2. The summed E-state index contributed by atoms with van der Waals surface area (Å²) in [6.45, 7) is 5.32. The zero-order valence-electron chi connectivity index (χ0n) is 10.5. The van der Waals surface area contributed by atoms with Gasteiger partial charge < -0.3 is 10.4 Å². The Morgan fingerprint density at radius 2 is 1.94 bits per heavy atom. The normalized spacial score (nSPS) is 29.2. The third-order valence-electron chi connectivity index (χ3n) is 3.25. The molecule has 2 unspecified atom stereocenters. The van der Waals surface area contributed by atoms with Gasteiger partial charge in [0.2, 0.25) is 5.91 Å². The molecule has 0 aliphatic heterocycles. The Kier molecular flexibility index (Phi) is 3.96. The SMILES string of the molecule is CC(CS(C)=O)NC(=O)[C@@H]1[C@H](C(=O)O)C1(C)C. The summed E-state index contributed by atoms with van der Waals surface area (Å²) in [4.78, 5) is 22.8. The summed E-state index contributed by atoms with van der Waals surface area (Å²) in [7, 11) is -0.973. The molecule has 5 nitrogen and oxygen atoms in total. The third-order valence-corrected chi connectivity index (χ3v) is 4.22. The molecule has 0 radical (unpaired) electrons. The summed E-state index contributed by atoms with van der Waals surface area (Å²) >= 11 is 0. The largest absolute Gasteiger partial charge is 0.481 e. The molecule has 1 saturated carbocycles. The molecule has 1 rings (SSSR count).